The Balaban J connectivity index is 2.26. The highest BCUT2D eigenvalue weighted by Crippen LogP contribution is 2.30. The number of urea groups is 1. The van der Waals surface area contributed by atoms with Crippen molar-refractivity contribution in [2.45, 2.75) is 18.9 Å². The Morgan fingerprint density at radius 3 is 2.86 bits per heavy atom. The van der Waals surface area contributed by atoms with Gasteiger partial charge < -0.3 is 0 Å². The summed E-state index contributed by atoms with van der Waals surface area (Å²) in [5, 5.41) is 1.42. The molecule has 0 aromatic heterocycles. The van der Waals surface area contributed by atoms with Gasteiger partial charge in [0.15, 0.2) is 6.29 Å². The van der Waals surface area contributed by atoms with Crippen LogP contribution in [0.1, 0.15) is 12.8 Å². The smallest absolute Gasteiger partial charge is 0.296 e. The van der Waals surface area contributed by atoms with Gasteiger partial charge in [0.1, 0.15) is 0 Å². The molecule has 1 heterocycles. The minimum Gasteiger partial charge on any atom is -0.296 e. The van der Waals surface area contributed by atoms with Gasteiger partial charge in [-0.25, -0.2) is 10.2 Å². The van der Waals surface area contributed by atoms with E-state index >= 15 is 0 Å². The molecule has 0 atom stereocenters. The number of carbonyl (C=O) groups is 2. The fourth-order valence-electron chi connectivity index (χ4n) is 1.53. The Hall–Kier alpha value is -1.36. The maximum absolute atomic E-state index is 11.8. The number of rotatable bonds is 2. The molecule has 0 spiro atoms. The number of allylic oxidation sites excluding steroid dienone is 1. The molecule has 1 aliphatic carbocycles. The first kappa shape index (κ1) is 9.21. The zero-order valence-corrected chi connectivity index (χ0v) is 8.06. The maximum Gasteiger partial charge on any atom is 0.338 e. The second-order valence-electron chi connectivity index (χ2n) is 3.55. The maximum atomic E-state index is 11.8. The van der Waals surface area contributed by atoms with Crippen LogP contribution in [0.3, 0.4) is 0 Å². The van der Waals surface area contributed by atoms with E-state index in [-0.39, 0.29) is 12.1 Å². The third-order valence-corrected chi connectivity index (χ3v) is 2.44. The molecule has 2 aliphatic rings. The largest absolute Gasteiger partial charge is 0.338 e. The van der Waals surface area contributed by atoms with E-state index in [4.69, 9.17) is 0 Å². The van der Waals surface area contributed by atoms with Crippen LogP contribution < -0.4 is 5.43 Å². The highest BCUT2D eigenvalue weighted by molar-refractivity contribution is 5.85. The van der Waals surface area contributed by atoms with Gasteiger partial charge in [0, 0.05) is 19.6 Å². The summed E-state index contributed by atoms with van der Waals surface area (Å²) < 4.78 is 0. The lowest BCUT2D eigenvalue weighted by Crippen LogP contribution is -2.46. The summed E-state index contributed by atoms with van der Waals surface area (Å²) in [4.78, 5) is 24.2. The Kier molecular flexibility index (Phi) is 2.25. The molecule has 76 valence electrons. The number of hydrazine groups is 1. The van der Waals surface area contributed by atoms with E-state index in [0.29, 0.717) is 12.2 Å². The zero-order valence-electron chi connectivity index (χ0n) is 8.06. The van der Waals surface area contributed by atoms with Gasteiger partial charge in [0.25, 0.3) is 0 Å². The molecular formula is C9H13N3O2. The number of aldehydes is 1. The second kappa shape index (κ2) is 3.42. The Morgan fingerprint density at radius 1 is 1.57 bits per heavy atom. The van der Waals surface area contributed by atoms with E-state index < -0.39 is 0 Å². The van der Waals surface area contributed by atoms with Gasteiger partial charge in [-0.05, 0) is 18.9 Å². The molecule has 5 heteroatoms. The van der Waals surface area contributed by atoms with E-state index in [1.807, 2.05) is 0 Å². The molecule has 14 heavy (non-hydrogen) atoms. The van der Waals surface area contributed by atoms with Crippen molar-refractivity contribution in [2.75, 3.05) is 13.6 Å². The van der Waals surface area contributed by atoms with Crippen molar-refractivity contribution in [3.8, 4) is 0 Å². The van der Waals surface area contributed by atoms with Crippen LogP contribution >= 0.6 is 0 Å². The fraction of sp³-hybridized carbons (Fsp3) is 0.556. The number of nitrogens with one attached hydrogen (secondary N) is 1. The molecule has 5 nitrogen and oxygen atoms in total. The molecule has 0 bridgehead atoms. The van der Waals surface area contributed by atoms with Crippen LogP contribution in [0.25, 0.3) is 0 Å². The van der Waals surface area contributed by atoms with Crippen LogP contribution in [0.5, 0.6) is 0 Å². The van der Waals surface area contributed by atoms with Crippen LogP contribution in [-0.2, 0) is 4.79 Å². The van der Waals surface area contributed by atoms with Crippen molar-refractivity contribution in [1.29, 1.82) is 0 Å². The third kappa shape index (κ3) is 1.50. The fourth-order valence-corrected chi connectivity index (χ4v) is 1.53. The normalized spacial score (nSPS) is 23.2. The average molecular weight is 195 g/mol. The predicted molar refractivity (Wildman–Crippen MR) is 50.2 cm³/mol. The summed E-state index contributed by atoms with van der Waals surface area (Å²) in [5.74, 6) is 0. The Morgan fingerprint density at radius 2 is 2.29 bits per heavy atom. The summed E-state index contributed by atoms with van der Waals surface area (Å²) >= 11 is 0. The lowest BCUT2D eigenvalue weighted by molar-refractivity contribution is -0.106. The Bertz CT molecular complexity index is 296. The average Bonchev–Trinajstić information content (AvgIpc) is 2.98. The minimum absolute atomic E-state index is 0.150. The van der Waals surface area contributed by atoms with Gasteiger partial charge in [-0.1, -0.05) is 0 Å². The van der Waals surface area contributed by atoms with E-state index in [2.05, 4.69) is 5.43 Å². The van der Waals surface area contributed by atoms with Crippen LogP contribution in [0.15, 0.2) is 11.8 Å². The first-order valence-electron chi connectivity index (χ1n) is 4.70. The van der Waals surface area contributed by atoms with Crippen molar-refractivity contribution in [3.63, 3.8) is 0 Å². The molecule has 2 amide bonds. The topological polar surface area (TPSA) is 52.7 Å². The van der Waals surface area contributed by atoms with Gasteiger partial charge >= 0.3 is 6.03 Å². The highest BCUT2D eigenvalue weighted by Gasteiger charge is 2.37. The number of carbonyl (C=O) groups excluding carboxylic acids is 2. The van der Waals surface area contributed by atoms with Crippen LogP contribution in [0, 0.1) is 0 Å². The lowest BCUT2D eigenvalue weighted by atomic mass is 10.3. The molecule has 1 N–H and O–H groups in total. The monoisotopic (exact) mass is 195 g/mol. The minimum atomic E-state index is -0.150. The summed E-state index contributed by atoms with van der Waals surface area (Å²) in [6.45, 7) is 0.513. The molecule has 0 radical (unpaired) electrons. The quantitative estimate of drug-likeness (QED) is 0.636. The first-order chi connectivity index (χ1) is 6.74. The highest BCUT2D eigenvalue weighted by atomic mass is 16.2. The van der Waals surface area contributed by atoms with Gasteiger partial charge in [0.2, 0.25) is 0 Å². The summed E-state index contributed by atoms with van der Waals surface area (Å²) in [6, 6.07) is 0.0737. The van der Waals surface area contributed by atoms with Crippen LogP contribution in [-0.4, -0.2) is 41.9 Å². The third-order valence-electron chi connectivity index (χ3n) is 2.44. The zero-order chi connectivity index (χ0) is 10.1. The number of nitrogens with zero attached hydrogens (tertiary/aromatic N) is 2. The van der Waals surface area contributed by atoms with Gasteiger partial charge in [0.05, 0.1) is 5.70 Å². The summed E-state index contributed by atoms with van der Waals surface area (Å²) in [7, 11) is 1.67. The summed E-state index contributed by atoms with van der Waals surface area (Å²) in [5.41, 5.74) is 3.36. The molecular weight excluding hydrogens is 182 g/mol. The summed E-state index contributed by atoms with van der Waals surface area (Å²) in [6.07, 6.45) is 4.47. The Labute approximate surface area is 82.3 Å². The van der Waals surface area contributed by atoms with Crippen LogP contribution in [0.2, 0.25) is 0 Å². The van der Waals surface area contributed by atoms with Gasteiger partial charge in [-0.2, -0.15) is 0 Å². The number of amides is 2. The molecule has 0 unspecified atom stereocenters. The van der Waals surface area contributed by atoms with E-state index in [1.54, 1.807) is 18.0 Å². The molecule has 1 fully saturated rings. The molecule has 0 aromatic carbocycles. The lowest BCUT2D eigenvalue weighted by Gasteiger charge is -2.25. The molecule has 1 saturated carbocycles. The predicted octanol–water partition coefficient (Wildman–Crippen LogP) is 0.104. The number of hydrogen-bond acceptors (Lipinski definition) is 3. The van der Waals surface area contributed by atoms with E-state index in [1.165, 1.54) is 5.01 Å². The van der Waals surface area contributed by atoms with Crippen molar-refractivity contribution >= 4 is 12.3 Å². The van der Waals surface area contributed by atoms with Crippen molar-refractivity contribution in [1.82, 2.24) is 15.3 Å². The van der Waals surface area contributed by atoms with Gasteiger partial charge in [-0.3, -0.25) is 14.7 Å². The van der Waals surface area contributed by atoms with Gasteiger partial charge in [-0.15, -0.1) is 0 Å². The van der Waals surface area contributed by atoms with E-state index in [0.717, 1.165) is 19.1 Å². The van der Waals surface area contributed by atoms with Crippen molar-refractivity contribution in [2.24, 2.45) is 0 Å². The first-order valence-corrected chi connectivity index (χ1v) is 4.70. The van der Waals surface area contributed by atoms with E-state index in [9.17, 15) is 9.59 Å². The molecule has 2 rings (SSSR count). The second-order valence-corrected chi connectivity index (χ2v) is 3.55. The van der Waals surface area contributed by atoms with Crippen molar-refractivity contribution < 1.29 is 9.59 Å². The van der Waals surface area contributed by atoms with Crippen LogP contribution in [0.4, 0.5) is 4.79 Å². The van der Waals surface area contributed by atoms with Crippen molar-refractivity contribution in [3.05, 3.63) is 11.8 Å². The number of hydrogen-bond donors (Lipinski definition) is 1. The molecule has 0 saturated heterocycles. The SMILES string of the molecule is CN1NCC=C(C=O)N(C2CC2)C1=O. The standard InChI is InChI=1S/C9H13N3O2/c1-11-9(14)12(7-2-3-7)8(6-13)4-5-10-11/h4,6-7,10H,2-3,5H2,1H3. The molecule has 0 aromatic rings. The molecule has 1 aliphatic heterocycles.